The Balaban J connectivity index is 2.44. The number of rotatable bonds is 4. The zero-order chi connectivity index (χ0) is 11.5. The molecule has 0 aliphatic heterocycles. The summed E-state index contributed by atoms with van der Waals surface area (Å²) in [7, 11) is 0. The van der Waals surface area contributed by atoms with E-state index >= 15 is 0 Å². The van der Waals surface area contributed by atoms with Crippen molar-refractivity contribution in [2.75, 3.05) is 6.61 Å². The Kier molecular flexibility index (Phi) is 2.92. The molecule has 4 heteroatoms. The molecule has 16 heavy (non-hydrogen) atoms. The summed E-state index contributed by atoms with van der Waals surface area (Å²) in [5, 5.41) is 9.61. The van der Waals surface area contributed by atoms with Crippen LogP contribution in [0.15, 0.2) is 28.7 Å². The molecule has 0 unspecified atom stereocenters. The number of ether oxygens (including phenoxy) is 1. The number of carboxylic acids is 1. The maximum Gasteiger partial charge on any atom is 0.336 e. The van der Waals surface area contributed by atoms with E-state index in [-0.39, 0.29) is 5.56 Å². The molecule has 0 amide bonds. The van der Waals surface area contributed by atoms with Gasteiger partial charge in [0.15, 0.2) is 0 Å². The molecule has 1 aromatic heterocycles. The standard InChI is InChI=1S/C12H12O4/c1-2-15-7-8-6-10-9(12(13)14)4-3-5-11(10)16-8/h3-6H,2,7H2,1H3,(H,13,14). The minimum atomic E-state index is -0.950. The molecule has 0 saturated carbocycles. The number of carbonyl (C=O) groups is 1. The highest BCUT2D eigenvalue weighted by atomic mass is 16.5. The lowest BCUT2D eigenvalue weighted by atomic mass is 10.1. The van der Waals surface area contributed by atoms with E-state index in [1.165, 1.54) is 0 Å². The van der Waals surface area contributed by atoms with Gasteiger partial charge in [-0.15, -0.1) is 0 Å². The van der Waals surface area contributed by atoms with Crippen LogP contribution in [-0.4, -0.2) is 17.7 Å². The van der Waals surface area contributed by atoms with Crippen molar-refractivity contribution in [1.29, 1.82) is 0 Å². The number of hydrogen-bond donors (Lipinski definition) is 1. The first-order chi connectivity index (χ1) is 7.72. The largest absolute Gasteiger partial charge is 0.478 e. The molecule has 1 aromatic carbocycles. The van der Waals surface area contributed by atoms with Gasteiger partial charge in [0.1, 0.15) is 18.0 Å². The van der Waals surface area contributed by atoms with Gasteiger partial charge in [0.2, 0.25) is 0 Å². The van der Waals surface area contributed by atoms with Crippen molar-refractivity contribution in [3.8, 4) is 0 Å². The molecule has 1 heterocycles. The van der Waals surface area contributed by atoms with E-state index in [0.29, 0.717) is 29.9 Å². The quantitative estimate of drug-likeness (QED) is 0.860. The molecule has 0 radical (unpaired) electrons. The van der Waals surface area contributed by atoms with Gasteiger partial charge in [-0.05, 0) is 25.1 Å². The molecule has 0 saturated heterocycles. The number of benzene rings is 1. The number of hydrogen-bond acceptors (Lipinski definition) is 3. The van der Waals surface area contributed by atoms with Gasteiger partial charge >= 0.3 is 5.97 Å². The number of aromatic carboxylic acids is 1. The smallest absolute Gasteiger partial charge is 0.336 e. The third-order valence-corrected chi connectivity index (χ3v) is 2.29. The Morgan fingerprint density at radius 3 is 3.00 bits per heavy atom. The predicted octanol–water partition coefficient (Wildman–Crippen LogP) is 2.67. The summed E-state index contributed by atoms with van der Waals surface area (Å²) < 4.78 is 10.7. The molecule has 84 valence electrons. The Morgan fingerprint density at radius 1 is 1.50 bits per heavy atom. The van der Waals surface area contributed by atoms with E-state index in [9.17, 15) is 4.79 Å². The maximum atomic E-state index is 11.0. The van der Waals surface area contributed by atoms with Crippen molar-refractivity contribution in [2.24, 2.45) is 0 Å². The topological polar surface area (TPSA) is 59.7 Å². The van der Waals surface area contributed by atoms with E-state index in [1.807, 2.05) is 6.92 Å². The zero-order valence-corrected chi connectivity index (χ0v) is 8.90. The van der Waals surface area contributed by atoms with Crippen molar-refractivity contribution in [3.63, 3.8) is 0 Å². The molecule has 2 aromatic rings. The third kappa shape index (κ3) is 1.92. The lowest BCUT2D eigenvalue weighted by Crippen LogP contribution is -1.95. The summed E-state index contributed by atoms with van der Waals surface area (Å²) >= 11 is 0. The summed E-state index contributed by atoms with van der Waals surface area (Å²) in [6.45, 7) is 2.86. The molecule has 0 bridgehead atoms. The van der Waals surface area contributed by atoms with E-state index in [0.717, 1.165) is 0 Å². The van der Waals surface area contributed by atoms with E-state index in [1.54, 1.807) is 24.3 Å². The van der Waals surface area contributed by atoms with Gasteiger partial charge in [-0.3, -0.25) is 0 Å². The van der Waals surface area contributed by atoms with Gasteiger partial charge in [-0.2, -0.15) is 0 Å². The maximum absolute atomic E-state index is 11.0. The average molecular weight is 220 g/mol. The molecule has 0 atom stereocenters. The second kappa shape index (κ2) is 4.37. The lowest BCUT2D eigenvalue weighted by Gasteiger charge is -1.94. The molecular weight excluding hydrogens is 208 g/mol. The molecule has 0 aliphatic rings. The fourth-order valence-corrected chi connectivity index (χ4v) is 1.57. The van der Waals surface area contributed by atoms with Gasteiger partial charge in [0.25, 0.3) is 0 Å². The van der Waals surface area contributed by atoms with Crippen LogP contribution in [0.1, 0.15) is 23.0 Å². The van der Waals surface area contributed by atoms with Crippen LogP contribution in [0.2, 0.25) is 0 Å². The van der Waals surface area contributed by atoms with Crippen LogP contribution in [0.3, 0.4) is 0 Å². The minimum absolute atomic E-state index is 0.254. The van der Waals surface area contributed by atoms with E-state index < -0.39 is 5.97 Å². The van der Waals surface area contributed by atoms with Gasteiger partial charge in [0, 0.05) is 12.0 Å². The van der Waals surface area contributed by atoms with Gasteiger partial charge < -0.3 is 14.3 Å². The van der Waals surface area contributed by atoms with Gasteiger partial charge in [-0.25, -0.2) is 4.79 Å². The Hall–Kier alpha value is -1.81. The van der Waals surface area contributed by atoms with Crippen LogP contribution in [0.5, 0.6) is 0 Å². The zero-order valence-electron chi connectivity index (χ0n) is 8.90. The second-order valence-corrected chi connectivity index (χ2v) is 3.37. The van der Waals surface area contributed by atoms with Crippen molar-refractivity contribution in [2.45, 2.75) is 13.5 Å². The highest BCUT2D eigenvalue weighted by Crippen LogP contribution is 2.23. The Morgan fingerprint density at radius 2 is 2.31 bits per heavy atom. The van der Waals surface area contributed by atoms with Crippen LogP contribution >= 0.6 is 0 Å². The highest BCUT2D eigenvalue weighted by molar-refractivity contribution is 6.02. The number of carboxylic acid groups (broad SMARTS) is 1. The fourth-order valence-electron chi connectivity index (χ4n) is 1.57. The molecule has 2 rings (SSSR count). The van der Waals surface area contributed by atoms with E-state index in [2.05, 4.69) is 0 Å². The van der Waals surface area contributed by atoms with Crippen molar-refractivity contribution >= 4 is 16.9 Å². The van der Waals surface area contributed by atoms with Crippen LogP contribution in [-0.2, 0) is 11.3 Å². The van der Waals surface area contributed by atoms with Crippen molar-refractivity contribution in [3.05, 3.63) is 35.6 Å². The van der Waals surface area contributed by atoms with Gasteiger partial charge in [-0.1, -0.05) is 6.07 Å². The number of fused-ring (bicyclic) bond motifs is 1. The summed E-state index contributed by atoms with van der Waals surface area (Å²) in [5.74, 6) is -0.306. The van der Waals surface area contributed by atoms with Crippen LogP contribution in [0, 0.1) is 0 Å². The molecule has 0 spiro atoms. The van der Waals surface area contributed by atoms with Gasteiger partial charge in [0.05, 0.1) is 5.56 Å². The van der Waals surface area contributed by atoms with Crippen molar-refractivity contribution < 1.29 is 19.1 Å². The van der Waals surface area contributed by atoms with Crippen LogP contribution in [0.4, 0.5) is 0 Å². The Bertz CT molecular complexity index is 513. The average Bonchev–Trinajstić information content (AvgIpc) is 2.68. The summed E-state index contributed by atoms with van der Waals surface area (Å²) in [6.07, 6.45) is 0. The van der Waals surface area contributed by atoms with Crippen LogP contribution < -0.4 is 0 Å². The summed E-state index contributed by atoms with van der Waals surface area (Å²) in [4.78, 5) is 11.0. The molecule has 4 nitrogen and oxygen atoms in total. The highest BCUT2D eigenvalue weighted by Gasteiger charge is 2.12. The molecular formula is C12H12O4. The molecule has 1 N–H and O–H groups in total. The lowest BCUT2D eigenvalue weighted by molar-refractivity contribution is 0.0699. The van der Waals surface area contributed by atoms with Crippen molar-refractivity contribution in [1.82, 2.24) is 0 Å². The first-order valence-corrected chi connectivity index (χ1v) is 5.05. The molecule has 0 aliphatic carbocycles. The number of furan rings is 1. The van der Waals surface area contributed by atoms with Crippen LogP contribution in [0.25, 0.3) is 11.0 Å². The fraction of sp³-hybridized carbons (Fsp3) is 0.250. The second-order valence-electron chi connectivity index (χ2n) is 3.37. The Labute approximate surface area is 92.4 Å². The first-order valence-electron chi connectivity index (χ1n) is 5.05. The monoisotopic (exact) mass is 220 g/mol. The summed E-state index contributed by atoms with van der Waals surface area (Å²) in [6, 6.07) is 6.69. The molecule has 0 fully saturated rings. The first kappa shape index (κ1) is 10.7. The summed E-state index contributed by atoms with van der Waals surface area (Å²) in [5.41, 5.74) is 0.832. The predicted molar refractivity (Wildman–Crippen MR) is 58.5 cm³/mol. The SMILES string of the molecule is CCOCc1cc2c(C(=O)O)cccc2o1. The third-order valence-electron chi connectivity index (χ3n) is 2.29. The van der Waals surface area contributed by atoms with E-state index in [4.69, 9.17) is 14.3 Å². The minimum Gasteiger partial charge on any atom is -0.478 e. The normalized spacial score (nSPS) is 10.8.